The number of rotatable bonds is 2. The third kappa shape index (κ3) is 3.01. The van der Waals surface area contributed by atoms with Gasteiger partial charge >= 0.3 is 5.97 Å². The number of fused-ring (bicyclic) bond motifs is 1. The Labute approximate surface area is 133 Å². The summed E-state index contributed by atoms with van der Waals surface area (Å²) in [5.74, 6) is -2.78. The Morgan fingerprint density at radius 3 is 2.52 bits per heavy atom. The zero-order valence-corrected chi connectivity index (χ0v) is 13.4. The first kappa shape index (κ1) is 16.9. The highest BCUT2D eigenvalue weighted by Crippen LogP contribution is 2.41. The van der Waals surface area contributed by atoms with Gasteiger partial charge in [-0.3, -0.25) is 29.8 Å². The molecule has 23 heavy (non-hydrogen) atoms. The molecule has 8 nitrogen and oxygen atoms in total. The van der Waals surface area contributed by atoms with E-state index >= 15 is 0 Å². The third-order valence-electron chi connectivity index (χ3n) is 3.93. The highest BCUT2D eigenvalue weighted by Gasteiger charge is 2.58. The second-order valence-corrected chi connectivity index (χ2v) is 5.81. The maximum Gasteiger partial charge on any atom is 0.303 e. The number of amides is 2. The number of hydrogen-bond donors (Lipinski definition) is 2. The van der Waals surface area contributed by atoms with Gasteiger partial charge in [-0.1, -0.05) is 5.57 Å². The number of esters is 1. The Balaban J connectivity index is 2.61. The minimum atomic E-state index is -1.56. The minimum Gasteiger partial charge on any atom is -0.455 e. The molecule has 1 aliphatic carbocycles. The number of Topliss-reactive ketones (excluding diaryl/α,β-unsaturated/α-hetero) is 1. The molecule has 1 heterocycles. The van der Waals surface area contributed by atoms with Crippen molar-refractivity contribution in [3.05, 3.63) is 11.6 Å². The van der Waals surface area contributed by atoms with Crippen molar-refractivity contribution in [2.45, 2.75) is 45.8 Å². The molecule has 124 valence electrons. The Kier molecular flexibility index (Phi) is 4.35. The summed E-state index contributed by atoms with van der Waals surface area (Å²) in [6.07, 6.45) is 0.957. The average molecular weight is 321 g/mol. The van der Waals surface area contributed by atoms with Gasteiger partial charge in [0.2, 0.25) is 17.8 Å². The predicted molar refractivity (Wildman–Crippen MR) is 80.2 cm³/mol. The van der Waals surface area contributed by atoms with Crippen LogP contribution in [0.1, 0.15) is 34.1 Å². The molecule has 0 saturated carbocycles. The molecule has 1 aliphatic heterocycles. The Hall–Kier alpha value is -2.51. The maximum atomic E-state index is 12.4. The van der Waals surface area contributed by atoms with Crippen LogP contribution in [-0.4, -0.2) is 41.2 Å². The molecule has 0 aromatic rings. The number of guanidine groups is 1. The summed E-state index contributed by atoms with van der Waals surface area (Å²) in [6.45, 7) is 5.57. The normalized spacial score (nSPS) is 29.5. The molecular formula is C15H19N3O5. The highest BCUT2D eigenvalue weighted by molar-refractivity contribution is 6.10. The first-order valence-electron chi connectivity index (χ1n) is 7.20. The number of ketones is 1. The van der Waals surface area contributed by atoms with Gasteiger partial charge in [0.05, 0.1) is 5.92 Å². The number of nitrogens with one attached hydrogen (secondary N) is 2. The number of allylic oxidation sites excluding steroid dienone is 1. The second-order valence-electron chi connectivity index (χ2n) is 5.81. The Morgan fingerprint density at radius 1 is 1.35 bits per heavy atom. The molecule has 0 spiro atoms. The van der Waals surface area contributed by atoms with Crippen molar-refractivity contribution in [2.75, 3.05) is 0 Å². The van der Waals surface area contributed by atoms with Crippen molar-refractivity contribution in [3.63, 3.8) is 0 Å². The van der Waals surface area contributed by atoms with Crippen molar-refractivity contribution < 1.29 is 23.9 Å². The largest absolute Gasteiger partial charge is 0.455 e. The number of ether oxygens (including phenoxy) is 1. The summed E-state index contributed by atoms with van der Waals surface area (Å²) in [7, 11) is 0. The zero-order chi connectivity index (χ0) is 17.4. The molecular weight excluding hydrogens is 302 g/mol. The Bertz CT molecular complexity index is 651. The Morgan fingerprint density at radius 2 is 2.00 bits per heavy atom. The third-order valence-corrected chi connectivity index (χ3v) is 3.93. The quantitative estimate of drug-likeness (QED) is 0.541. The molecule has 0 aromatic carbocycles. The van der Waals surface area contributed by atoms with E-state index in [1.165, 1.54) is 20.8 Å². The molecule has 2 amide bonds. The molecule has 3 unspecified atom stereocenters. The van der Waals surface area contributed by atoms with E-state index < -0.39 is 41.1 Å². The molecule has 0 aromatic heterocycles. The smallest absolute Gasteiger partial charge is 0.303 e. The van der Waals surface area contributed by atoms with Gasteiger partial charge in [0.1, 0.15) is 0 Å². The lowest BCUT2D eigenvalue weighted by Gasteiger charge is -2.44. The van der Waals surface area contributed by atoms with E-state index in [1.54, 1.807) is 13.0 Å². The lowest BCUT2D eigenvalue weighted by Crippen LogP contribution is -2.65. The van der Waals surface area contributed by atoms with Gasteiger partial charge in [-0.2, -0.15) is 0 Å². The molecule has 0 radical (unpaired) electrons. The van der Waals surface area contributed by atoms with E-state index in [0.717, 1.165) is 5.57 Å². The topological polar surface area (TPSA) is 114 Å². The molecule has 2 aliphatic rings. The summed E-state index contributed by atoms with van der Waals surface area (Å²) < 4.78 is 5.26. The van der Waals surface area contributed by atoms with E-state index in [0.29, 0.717) is 6.42 Å². The van der Waals surface area contributed by atoms with E-state index in [-0.39, 0.29) is 5.96 Å². The standard InChI is InChI=1S/C15H19N3O5/c1-7-5-11-13(22)17-14(16-9(3)20)18-15(11,8(2)19)12(6-7)23-10(4)21/h6,11-12H,5H2,1-4H3,(H2,16,17,18,20,22). The number of aliphatic imine (C=N–C) groups is 1. The lowest BCUT2D eigenvalue weighted by atomic mass is 9.68. The molecule has 0 fully saturated rings. The van der Waals surface area contributed by atoms with Crippen LogP contribution in [0.25, 0.3) is 0 Å². The van der Waals surface area contributed by atoms with Crippen LogP contribution in [0, 0.1) is 5.92 Å². The van der Waals surface area contributed by atoms with E-state index in [1.807, 2.05) is 0 Å². The predicted octanol–water partition coefficient (Wildman–Crippen LogP) is -0.166. The van der Waals surface area contributed by atoms with Crippen LogP contribution in [0.4, 0.5) is 0 Å². The molecule has 2 N–H and O–H groups in total. The second kappa shape index (κ2) is 5.94. The van der Waals surface area contributed by atoms with Crippen LogP contribution >= 0.6 is 0 Å². The average Bonchev–Trinajstić information content (AvgIpc) is 2.38. The van der Waals surface area contributed by atoms with Crippen molar-refractivity contribution in [1.29, 1.82) is 0 Å². The number of carbonyl (C=O) groups is 4. The lowest BCUT2D eigenvalue weighted by molar-refractivity contribution is -0.154. The summed E-state index contributed by atoms with van der Waals surface area (Å²) in [5, 5.41) is 4.86. The summed E-state index contributed by atoms with van der Waals surface area (Å²) >= 11 is 0. The number of nitrogens with zero attached hydrogens (tertiary/aromatic N) is 1. The van der Waals surface area contributed by atoms with Crippen LogP contribution in [-0.2, 0) is 23.9 Å². The van der Waals surface area contributed by atoms with Gasteiger partial charge in [0.15, 0.2) is 17.4 Å². The fourth-order valence-corrected chi connectivity index (χ4v) is 3.03. The van der Waals surface area contributed by atoms with Crippen LogP contribution in [0.2, 0.25) is 0 Å². The van der Waals surface area contributed by atoms with Crippen molar-refractivity contribution in [1.82, 2.24) is 10.6 Å². The van der Waals surface area contributed by atoms with Crippen molar-refractivity contribution >= 4 is 29.5 Å². The van der Waals surface area contributed by atoms with Gasteiger partial charge in [0.25, 0.3) is 0 Å². The van der Waals surface area contributed by atoms with Gasteiger partial charge in [-0.15, -0.1) is 0 Å². The van der Waals surface area contributed by atoms with Gasteiger partial charge < -0.3 is 4.74 Å². The first-order valence-corrected chi connectivity index (χ1v) is 7.20. The summed E-state index contributed by atoms with van der Waals surface area (Å²) in [5.41, 5.74) is -0.739. The zero-order valence-electron chi connectivity index (χ0n) is 13.4. The van der Waals surface area contributed by atoms with E-state index in [4.69, 9.17) is 4.74 Å². The van der Waals surface area contributed by atoms with Crippen LogP contribution in [0.15, 0.2) is 16.6 Å². The fourth-order valence-electron chi connectivity index (χ4n) is 3.03. The van der Waals surface area contributed by atoms with E-state index in [9.17, 15) is 19.2 Å². The summed E-state index contributed by atoms with van der Waals surface area (Å²) in [6, 6.07) is 0. The minimum absolute atomic E-state index is 0.112. The monoisotopic (exact) mass is 321 g/mol. The summed E-state index contributed by atoms with van der Waals surface area (Å²) in [4.78, 5) is 51.8. The molecule has 2 rings (SSSR count). The van der Waals surface area contributed by atoms with Gasteiger partial charge in [-0.25, -0.2) is 4.99 Å². The SMILES string of the molecule is CC(=O)NC1=NC2(C(C)=O)C(OC(C)=O)C=C(C)CC2C(=O)N1. The fraction of sp³-hybridized carbons (Fsp3) is 0.533. The molecule has 0 bridgehead atoms. The first-order chi connectivity index (χ1) is 10.7. The number of hydrogen-bond acceptors (Lipinski definition) is 6. The molecule has 3 atom stereocenters. The van der Waals surface area contributed by atoms with Crippen LogP contribution in [0.3, 0.4) is 0 Å². The van der Waals surface area contributed by atoms with Crippen LogP contribution in [0.5, 0.6) is 0 Å². The molecule has 0 saturated heterocycles. The molecule has 8 heteroatoms. The van der Waals surface area contributed by atoms with Gasteiger partial charge in [0, 0.05) is 13.8 Å². The van der Waals surface area contributed by atoms with E-state index in [2.05, 4.69) is 15.6 Å². The van der Waals surface area contributed by atoms with Crippen LogP contribution < -0.4 is 10.6 Å². The number of carbonyl (C=O) groups excluding carboxylic acids is 4. The van der Waals surface area contributed by atoms with Gasteiger partial charge in [-0.05, 0) is 26.3 Å². The highest BCUT2D eigenvalue weighted by atomic mass is 16.5. The van der Waals surface area contributed by atoms with Crippen molar-refractivity contribution in [2.24, 2.45) is 10.9 Å². The van der Waals surface area contributed by atoms with Crippen molar-refractivity contribution in [3.8, 4) is 0 Å². The maximum absolute atomic E-state index is 12.4.